The van der Waals surface area contributed by atoms with Gasteiger partial charge in [-0.1, -0.05) is 6.07 Å². The van der Waals surface area contributed by atoms with Gasteiger partial charge in [-0.05, 0) is 29.6 Å². The summed E-state index contributed by atoms with van der Waals surface area (Å²) in [4.78, 5) is 24.4. The van der Waals surface area contributed by atoms with Crippen LogP contribution in [0.15, 0.2) is 46.6 Å². The number of hydrogen-bond donors (Lipinski definition) is 0. The van der Waals surface area contributed by atoms with E-state index in [9.17, 15) is 4.79 Å². The second kappa shape index (κ2) is 6.43. The fraction of sp³-hybridized carbons (Fsp3) is 0.118. The van der Waals surface area contributed by atoms with Crippen molar-refractivity contribution in [2.24, 2.45) is 0 Å². The van der Waals surface area contributed by atoms with Crippen LogP contribution < -0.4 is 0 Å². The van der Waals surface area contributed by atoms with Gasteiger partial charge in [0.25, 0.3) is 5.91 Å². The van der Waals surface area contributed by atoms with Crippen LogP contribution >= 0.6 is 34.0 Å². The van der Waals surface area contributed by atoms with Gasteiger partial charge < -0.3 is 4.90 Å². The summed E-state index contributed by atoms with van der Waals surface area (Å²) in [7, 11) is 1.80. The summed E-state index contributed by atoms with van der Waals surface area (Å²) in [5.74, 6) is -0.0180. The van der Waals surface area contributed by atoms with Gasteiger partial charge in [-0.2, -0.15) is 0 Å². The Balaban J connectivity index is 1.51. The summed E-state index contributed by atoms with van der Waals surface area (Å²) in [5, 5.41) is 5.06. The van der Waals surface area contributed by atoms with Crippen LogP contribution in [-0.2, 0) is 6.54 Å². The maximum Gasteiger partial charge on any atom is 0.254 e. The van der Waals surface area contributed by atoms with E-state index in [0.717, 1.165) is 25.8 Å². The second-order valence-electron chi connectivity index (χ2n) is 5.32. The minimum Gasteiger partial charge on any atom is -0.336 e. The zero-order valence-electron chi connectivity index (χ0n) is 12.8. The summed E-state index contributed by atoms with van der Waals surface area (Å²) >= 11 is 4.86. The molecule has 0 N–H and O–H groups in total. The van der Waals surface area contributed by atoms with Crippen molar-refractivity contribution < 1.29 is 4.79 Å². The highest BCUT2D eigenvalue weighted by atomic mass is 32.1. The first kappa shape index (κ1) is 15.4. The van der Waals surface area contributed by atoms with Gasteiger partial charge in [0.1, 0.15) is 5.01 Å². The Hall–Kier alpha value is -2.09. The van der Waals surface area contributed by atoms with Gasteiger partial charge >= 0.3 is 0 Å². The first-order valence-electron chi connectivity index (χ1n) is 7.28. The zero-order valence-corrected chi connectivity index (χ0v) is 15.3. The number of thiophene rings is 1. The van der Waals surface area contributed by atoms with Gasteiger partial charge in [0.15, 0.2) is 0 Å². The van der Waals surface area contributed by atoms with Gasteiger partial charge in [-0.25, -0.2) is 9.97 Å². The lowest BCUT2D eigenvalue weighted by atomic mass is 10.2. The van der Waals surface area contributed by atoms with E-state index < -0.39 is 0 Å². The van der Waals surface area contributed by atoms with Crippen molar-refractivity contribution in [3.8, 4) is 9.88 Å². The molecule has 0 radical (unpaired) electrons. The summed E-state index contributed by atoms with van der Waals surface area (Å²) in [6.45, 7) is 0.496. The van der Waals surface area contributed by atoms with Crippen LogP contribution in [0.2, 0.25) is 0 Å². The third kappa shape index (κ3) is 2.98. The molecule has 1 amide bonds. The first-order valence-corrected chi connectivity index (χ1v) is 9.91. The number of carbonyl (C=O) groups excluding carboxylic acids is 1. The highest BCUT2D eigenvalue weighted by Crippen LogP contribution is 2.28. The summed E-state index contributed by atoms with van der Waals surface area (Å²) in [6, 6.07) is 9.74. The van der Waals surface area contributed by atoms with Gasteiger partial charge in [-0.3, -0.25) is 4.79 Å². The number of carbonyl (C=O) groups is 1. The third-order valence-corrected chi connectivity index (χ3v) is 6.35. The van der Waals surface area contributed by atoms with Gasteiger partial charge in [0, 0.05) is 18.0 Å². The largest absolute Gasteiger partial charge is 0.336 e. The highest BCUT2D eigenvalue weighted by Gasteiger charge is 2.15. The summed E-state index contributed by atoms with van der Waals surface area (Å²) in [5.41, 5.74) is 4.23. The number of rotatable bonds is 4. The zero-order chi connectivity index (χ0) is 16.5. The summed E-state index contributed by atoms with van der Waals surface area (Å²) in [6.07, 6.45) is 0. The molecule has 4 aromatic rings. The van der Waals surface area contributed by atoms with Gasteiger partial charge in [-0.15, -0.1) is 34.0 Å². The van der Waals surface area contributed by atoms with Crippen LogP contribution in [0.5, 0.6) is 0 Å². The van der Waals surface area contributed by atoms with Crippen LogP contribution in [0.3, 0.4) is 0 Å². The lowest BCUT2D eigenvalue weighted by Gasteiger charge is -2.15. The fourth-order valence-electron chi connectivity index (χ4n) is 2.42. The molecule has 0 fully saturated rings. The quantitative estimate of drug-likeness (QED) is 0.520. The number of fused-ring (bicyclic) bond motifs is 1. The molecule has 0 spiro atoms. The Morgan fingerprint density at radius 3 is 2.96 bits per heavy atom. The van der Waals surface area contributed by atoms with Crippen LogP contribution in [0.1, 0.15) is 16.1 Å². The molecule has 4 nitrogen and oxygen atoms in total. The van der Waals surface area contributed by atoms with Crippen LogP contribution in [0, 0.1) is 0 Å². The fourth-order valence-corrected chi connectivity index (χ4v) is 4.70. The molecule has 24 heavy (non-hydrogen) atoms. The molecule has 1 aromatic carbocycles. The number of amides is 1. The molecular weight excluding hydrogens is 358 g/mol. The highest BCUT2D eigenvalue weighted by molar-refractivity contribution is 7.20. The SMILES string of the molecule is CN(Cc1csc(-c2cccs2)n1)C(=O)c1ccc2scnc2c1. The lowest BCUT2D eigenvalue weighted by Crippen LogP contribution is -2.26. The Bertz CT molecular complexity index is 988. The second-order valence-corrected chi connectivity index (χ2v) is 8.01. The maximum atomic E-state index is 12.6. The van der Waals surface area contributed by atoms with Crippen molar-refractivity contribution >= 4 is 50.1 Å². The standard InChI is InChI=1S/C17H13N3OS3/c1-20(8-12-9-23-16(19-12)15-3-2-6-22-15)17(21)11-4-5-14-13(7-11)18-10-24-14/h2-7,9-10H,8H2,1H3. The van der Waals surface area contributed by atoms with Crippen molar-refractivity contribution in [1.29, 1.82) is 0 Å². The molecule has 3 heterocycles. The number of aromatic nitrogens is 2. The normalized spacial score (nSPS) is 11.0. The minimum absolute atomic E-state index is 0.0180. The Morgan fingerprint density at radius 2 is 2.12 bits per heavy atom. The molecule has 120 valence electrons. The van der Waals surface area contributed by atoms with E-state index in [2.05, 4.69) is 16.0 Å². The van der Waals surface area contributed by atoms with Gasteiger partial charge in [0.2, 0.25) is 0 Å². The topological polar surface area (TPSA) is 46.1 Å². The first-order chi connectivity index (χ1) is 11.7. The lowest BCUT2D eigenvalue weighted by molar-refractivity contribution is 0.0784. The number of benzene rings is 1. The van der Waals surface area contributed by atoms with E-state index in [1.54, 1.807) is 51.5 Å². The Morgan fingerprint density at radius 1 is 1.21 bits per heavy atom. The maximum absolute atomic E-state index is 12.6. The van der Waals surface area contributed by atoms with Crippen molar-refractivity contribution in [3.05, 3.63) is 57.9 Å². The monoisotopic (exact) mass is 371 g/mol. The molecular formula is C17H13N3OS3. The van der Waals surface area contributed by atoms with Crippen LogP contribution in [0.25, 0.3) is 20.1 Å². The van der Waals surface area contributed by atoms with E-state index in [4.69, 9.17) is 0 Å². The molecule has 0 bridgehead atoms. The van der Waals surface area contributed by atoms with Crippen molar-refractivity contribution in [2.75, 3.05) is 7.05 Å². The molecule has 0 unspecified atom stereocenters. The van der Waals surface area contributed by atoms with Crippen molar-refractivity contribution in [1.82, 2.24) is 14.9 Å². The van der Waals surface area contributed by atoms with E-state index >= 15 is 0 Å². The Kier molecular flexibility index (Phi) is 4.13. The number of hydrogen-bond acceptors (Lipinski definition) is 6. The van der Waals surface area contributed by atoms with E-state index in [0.29, 0.717) is 12.1 Å². The number of thiazole rings is 2. The van der Waals surface area contributed by atoms with E-state index in [1.807, 2.05) is 35.0 Å². The molecule has 0 atom stereocenters. The molecule has 0 aliphatic carbocycles. The average Bonchev–Trinajstić information content (AvgIpc) is 3.33. The minimum atomic E-state index is -0.0180. The van der Waals surface area contributed by atoms with E-state index in [1.165, 1.54) is 0 Å². The molecule has 0 aliphatic rings. The predicted molar refractivity (Wildman–Crippen MR) is 101 cm³/mol. The van der Waals surface area contributed by atoms with Crippen molar-refractivity contribution in [3.63, 3.8) is 0 Å². The predicted octanol–water partition coefficient (Wildman–Crippen LogP) is 4.75. The van der Waals surface area contributed by atoms with Crippen molar-refractivity contribution in [2.45, 2.75) is 6.54 Å². The van der Waals surface area contributed by atoms with Gasteiger partial charge in [0.05, 0.1) is 32.8 Å². The molecule has 0 aliphatic heterocycles. The van der Waals surface area contributed by atoms with Crippen LogP contribution in [-0.4, -0.2) is 27.8 Å². The third-order valence-electron chi connectivity index (χ3n) is 3.61. The van der Waals surface area contributed by atoms with Crippen LogP contribution in [0.4, 0.5) is 0 Å². The molecule has 7 heteroatoms. The smallest absolute Gasteiger partial charge is 0.254 e. The molecule has 0 saturated heterocycles. The number of nitrogens with zero attached hydrogens (tertiary/aromatic N) is 3. The molecule has 4 rings (SSSR count). The Labute approximate surface area is 151 Å². The van der Waals surface area contributed by atoms with E-state index in [-0.39, 0.29) is 5.91 Å². The summed E-state index contributed by atoms with van der Waals surface area (Å²) < 4.78 is 1.09. The average molecular weight is 372 g/mol. The molecule has 0 saturated carbocycles. The molecule has 3 aromatic heterocycles.